The quantitative estimate of drug-likeness (QED) is 0.307. The minimum absolute atomic E-state index is 0.0961. The van der Waals surface area contributed by atoms with Crippen LogP contribution in [0.25, 0.3) is 6.08 Å². The summed E-state index contributed by atoms with van der Waals surface area (Å²) in [7, 11) is 2.90. The van der Waals surface area contributed by atoms with E-state index in [9.17, 15) is 9.59 Å². The summed E-state index contributed by atoms with van der Waals surface area (Å²) in [6, 6.07) is 10.1. The zero-order valence-corrected chi connectivity index (χ0v) is 15.5. The molecule has 2 rings (SSSR count). The van der Waals surface area contributed by atoms with Crippen molar-refractivity contribution in [1.29, 1.82) is 0 Å². The molecule has 26 heavy (non-hydrogen) atoms. The Morgan fingerprint density at radius 2 is 1.69 bits per heavy atom. The summed E-state index contributed by atoms with van der Waals surface area (Å²) in [5.74, 6) is -0.0545. The standard InChI is InChI=1S/C20H19ClO5/c1-4-19(23)26-18-12-15(24-2)11-17(25-3)20(18)16(22)10-7-13-5-8-14(21)9-6-13/h5-12H,4H2,1-3H3. The van der Waals surface area contributed by atoms with Crippen molar-refractivity contribution in [2.45, 2.75) is 13.3 Å². The van der Waals surface area contributed by atoms with E-state index in [-0.39, 0.29) is 29.3 Å². The van der Waals surface area contributed by atoms with E-state index in [0.717, 1.165) is 5.56 Å². The van der Waals surface area contributed by atoms with Crippen LogP contribution in [0.1, 0.15) is 29.3 Å². The highest BCUT2D eigenvalue weighted by atomic mass is 35.5. The maximum absolute atomic E-state index is 12.7. The van der Waals surface area contributed by atoms with Crippen LogP contribution >= 0.6 is 11.6 Å². The van der Waals surface area contributed by atoms with E-state index >= 15 is 0 Å². The number of carbonyl (C=O) groups is 2. The van der Waals surface area contributed by atoms with Gasteiger partial charge < -0.3 is 14.2 Å². The van der Waals surface area contributed by atoms with Gasteiger partial charge in [0.1, 0.15) is 22.8 Å². The van der Waals surface area contributed by atoms with Crippen LogP contribution in [0.4, 0.5) is 0 Å². The van der Waals surface area contributed by atoms with Gasteiger partial charge in [-0.2, -0.15) is 0 Å². The fraction of sp³-hybridized carbons (Fsp3) is 0.200. The van der Waals surface area contributed by atoms with Gasteiger partial charge in [0.2, 0.25) is 0 Å². The van der Waals surface area contributed by atoms with E-state index in [1.165, 1.54) is 26.4 Å². The number of methoxy groups -OCH3 is 2. The largest absolute Gasteiger partial charge is 0.496 e. The zero-order chi connectivity index (χ0) is 19.1. The molecule has 6 heteroatoms. The molecule has 2 aromatic rings. The lowest BCUT2D eigenvalue weighted by Crippen LogP contribution is -2.10. The van der Waals surface area contributed by atoms with E-state index < -0.39 is 5.97 Å². The molecule has 0 saturated carbocycles. The summed E-state index contributed by atoms with van der Waals surface area (Å²) < 4.78 is 15.8. The third-order valence-corrected chi connectivity index (χ3v) is 3.80. The average Bonchev–Trinajstić information content (AvgIpc) is 2.66. The van der Waals surface area contributed by atoms with Crippen LogP contribution in [-0.4, -0.2) is 26.0 Å². The van der Waals surface area contributed by atoms with Crippen molar-refractivity contribution in [3.63, 3.8) is 0 Å². The van der Waals surface area contributed by atoms with E-state index in [0.29, 0.717) is 10.8 Å². The summed E-state index contributed by atoms with van der Waals surface area (Å²) in [5, 5.41) is 0.610. The summed E-state index contributed by atoms with van der Waals surface area (Å²) in [6.07, 6.45) is 3.21. The molecule has 0 aliphatic carbocycles. The van der Waals surface area contributed by atoms with Crippen molar-refractivity contribution < 1.29 is 23.8 Å². The van der Waals surface area contributed by atoms with Crippen LogP contribution in [-0.2, 0) is 4.79 Å². The molecule has 0 spiro atoms. The summed E-state index contributed by atoms with van der Waals surface area (Å²) in [6.45, 7) is 1.67. The van der Waals surface area contributed by atoms with Gasteiger partial charge in [-0.15, -0.1) is 0 Å². The highest BCUT2D eigenvalue weighted by Crippen LogP contribution is 2.35. The summed E-state index contributed by atoms with van der Waals surface area (Å²) in [4.78, 5) is 24.5. The van der Waals surface area contributed by atoms with Gasteiger partial charge in [-0.05, 0) is 23.8 Å². The smallest absolute Gasteiger partial charge is 0.310 e. The predicted octanol–water partition coefficient (Wildman–Crippen LogP) is 4.57. The number of benzene rings is 2. The Hall–Kier alpha value is -2.79. The van der Waals surface area contributed by atoms with Crippen molar-refractivity contribution in [3.05, 3.63) is 58.6 Å². The number of carbonyl (C=O) groups excluding carboxylic acids is 2. The first-order valence-electron chi connectivity index (χ1n) is 7.93. The van der Waals surface area contributed by atoms with Gasteiger partial charge in [0.15, 0.2) is 5.78 Å². The van der Waals surface area contributed by atoms with Gasteiger partial charge in [0, 0.05) is 23.6 Å². The molecular weight excluding hydrogens is 356 g/mol. The first-order chi connectivity index (χ1) is 12.5. The van der Waals surface area contributed by atoms with Crippen LogP contribution < -0.4 is 14.2 Å². The van der Waals surface area contributed by atoms with Crippen LogP contribution in [0.3, 0.4) is 0 Å². The number of allylic oxidation sites excluding steroid dienone is 1. The van der Waals surface area contributed by atoms with Gasteiger partial charge in [-0.1, -0.05) is 36.7 Å². The van der Waals surface area contributed by atoms with Gasteiger partial charge in [0.05, 0.1) is 14.2 Å². The molecule has 0 amide bonds. The Labute approximate surface area is 157 Å². The molecule has 0 bridgehead atoms. The van der Waals surface area contributed by atoms with Crippen LogP contribution in [0.5, 0.6) is 17.2 Å². The molecule has 0 heterocycles. The first kappa shape index (κ1) is 19.5. The Balaban J connectivity index is 2.42. The fourth-order valence-electron chi connectivity index (χ4n) is 2.19. The second kappa shape index (κ2) is 9.06. The minimum atomic E-state index is -0.462. The van der Waals surface area contributed by atoms with Crippen molar-refractivity contribution in [2.24, 2.45) is 0 Å². The Kier molecular flexibility index (Phi) is 6.81. The summed E-state index contributed by atoms with van der Waals surface area (Å²) in [5.41, 5.74) is 0.961. The number of rotatable bonds is 7. The number of ketones is 1. The second-order valence-electron chi connectivity index (χ2n) is 5.28. The van der Waals surface area contributed by atoms with Gasteiger partial charge in [-0.3, -0.25) is 9.59 Å². The third-order valence-electron chi connectivity index (χ3n) is 3.55. The second-order valence-corrected chi connectivity index (χ2v) is 5.72. The van der Waals surface area contributed by atoms with E-state index in [1.807, 2.05) is 0 Å². The van der Waals surface area contributed by atoms with Crippen molar-refractivity contribution in [2.75, 3.05) is 14.2 Å². The SMILES string of the molecule is CCC(=O)Oc1cc(OC)cc(OC)c1C(=O)C=Cc1ccc(Cl)cc1. The fourth-order valence-corrected chi connectivity index (χ4v) is 2.32. The maximum atomic E-state index is 12.7. The maximum Gasteiger partial charge on any atom is 0.310 e. The normalized spacial score (nSPS) is 10.6. The lowest BCUT2D eigenvalue weighted by Gasteiger charge is -2.13. The average molecular weight is 375 g/mol. The van der Waals surface area contributed by atoms with Crippen molar-refractivity contribution >= 4 is 29.4 Å². The number of ether oxygens (including phenoxy) is 3. The Morgan fingerprint density at radius 3 is 2.27 bits per heavy atom. The molecule has 0 aromatic heterocycles. The molecule has 2 aromatic carbocycles. The van der Waals surface area contributed by atoms with Gasteiger partial charge >= 0.3 is 5.97 Å². The highest BCUT2D eigenvalue weighted by Gasteiger charge is 2.20. The molecule has 0 radical (unpaired) electrons. The van der Waals surface area contributed by atoms with Crippen LogP contribution in [0.2, 0.25) is 5.02 Å². The molecule has 0 saturated heterocycles. The zero-order valence-electron chi connectivity index (χ0n) is 14.7. The lowest BCUT2D eigenvalue weighted by molar-refractivity contribution is -0.134. The van der Waals surface area contributed by atoms with Crippen LogP contribution in [0.15, 0.2) is 42.5 Å². The molecule has 5 nitrogen and oxygen atoms in total. The van der Waals surface area contributed by atoms with Gasteiger partial charge in [-0.25, -0.2) is 0 Å². The van der Waals surface area contributed by atoms with E-state index in [4.69, 9.17) is 25.8 Å². The Bertz CT molecular complexity index is 825. The van der Waals surface area contributed by atoms with Crippen molar-refractivity contribution in [3.8, 4) is 17.2 Å². The van der Waals surface area contributed by atoms with Gasteiger partial charge in [0.25, 0.3) is 0 Å². The number of hydrogen-bond acceptors (Lipinski definition) is 5. The number of halogens is 1. The van der Waals surface area contributed by atoms with E-state index in [2.05, 4.69) is 0 Å². The third kappa shape index (κ3) is 4.86. The molecule has 0 aliphatic rings. The molecular formula is C20H19ClO5. The van der Waals surface area contributed by atoms with Crippen molar-refractivity contribution in [1.82, 2.24) is 0 Å². The topological polar surface area (TPSA) is 61.8 Å². The summed E-state index contributed by atoms with van der Waals surface area (Å²) >= 11 is 5.85. The Morgan fingerprint density at radius 1 is 1.04 bits per heavy atom. The monoisotopic (exact) mass is 374 g/mol. The number of esters is 1. The molecule has 0 aliphatic heterocycles. The van der Waals surface area contributed by atoms with E-state index in [1.54, 1.807) is 43.3 Å². The minimum Gasteiger partial charge on any atom is -0.496 e. The predicted molar refractivity (Wildman–Crippen MR) is 100 cm³/mol. The highest BCUT2D eigenvalue weighted by molar-refractivity contribution is 6.30. The molecule has 0 fully saturated rings. The van der Waals surface area contributed by atoms with Crippen LogP contribution in [0, 0.1) is 0 Å². The lowest BCUT2D eigenvalue weighted by atomic mass is 10.1. The number of hydrogen-bond donors (Lipinski definition) is 0. The molecule has 0 atom stereocenters. The molecule has 0 unspecified atom stereocenters. The molecule has 0 N–H and O–H groups in total. The first-order valence-corrected chi connectivity index (χ1v) is 8.31. The molecule has 136 valence electrons.